The number of methoxy groups -OCH3 is 2. The number of pyridine rings is 1. The Morgan fingerprint density at radius 3 is 2.46 bits per heavy atom. The lowest BCUT2D eigenvalue weighted by Gasteiger charge is -2.32. The number of fused-ring (bicyclic) bond motifs is 2. The van der Waals surface area contributed by atoms with E-state index in [2.05, 4.69) is 23.3 Å². The van der Waals surface area contributed by atoms with Crippen LogP contribution >= 0.6 is 0 Å². The maximum absolute atomic E-state index is 5.56. The molecule has 2 heterocycles. The largest absolute Gasteiger partial charge is 0.493 e. The molecule has 5 nitrogen and oxygen atoms in total. The second kappa shape index (κ2) is 7.31. The van der Waals surface area contributed by atoms with Gasteiger partial charge in [-0.15, -0.1) is 0 Å². The van der Waals surface area contributed by atoms with E-state index in [-0.39, 0.29) is 0 Å². The highest BCUT2D eigenvalue weighted by atomic mass is 16.5. The lowest BCUT2D eigenvalue weighted by molar-refractivity contribution is 0.264. The van der Waals surface area contributed by atoms with Crippen LogP contribution in [0.4, 0.5) is 5.69 Å². The SMILES string of the molecule is COc1cc2nc3c(c(NC4CCN(C)CC4)c2cc1OC)CCCC3. The van der Waals surface area contributed by atoms with Crippen molar-refractivity contribution in [2.45, 2.75) is 44.6 Å². The topological polar surface area (TPSA) is 46.6 Å². The van der Waals surface area contributed by atoms with Crippen molar-refractivity contribution in [3.8, 4) is 11.5 Å². The normalized spacial score (nSPS) is 18.6. The van der Waals surface area contributed by atoms with Crippen LogP contribution < -0.4 is 14.8 Å². The van der Waals surface area contributed by atoms with Crippen molar-refractivity contribution >= 4 is 16.6 Å². The summed E-state index contributed by atoms with van der Waals surface area (Å²) in [6.45, 7) is 2.31. The van der Waals surface area contributed by atoms with Crippen LogP contribution in [-0.2, 0) is 12.8 Å². The number of nitrogens with zero attached hydrogens (tertiary/aromatic N) is 2. The van der Waals surface area contributed by atoms with E-state index in [1.165, 1.54) is 42.6 Å². The fourth-order valence-corrected chi connectivity index (χ4v) is 4.27. The Hall–Kier alpha value is -2.01. The minimum Gasteiger partial charge on any atom is -0.493 e. The third kappa shape index (κ3) is 3.20. The number of benzene rings is 1. The highest BCUT2D eigenvalue weighted by molar-refractivity contribution is 5.96. The Morgan fingerprint density at radius 1 is 1.04 bits per heavy atom. The van der Waals surface area contributed by atoms with E-state index in [1.54, 1.807) is 14.2 Å². The summed E-state index contributed by atoms with van der Waals surface area (Å²) < 4.78 is 11.1. The molecular weight excluding hydrogens is 326 g/mol. The first-order valence-corrected chi connectivity index (χ1v) is 9.72. The number of likely N-dealkylation sites (tertiary alicyclic amines) is 1. The average Bonchev–Trinajstić information content (AvgIpc) is 2.68. The van der Waals surface area contributed by atoms with Gasteiger partial charge in [0.15, 0.2) is 11.5 Å². The summed E-state index contributed by atoms with van der Waals surface area (Å²) in [5.74, 6) is 1.51. The molecule has 1 N–H and O–H groups in total. The first kappa shape index (κ1) is 17.4. The zero-order chi connectivity index (χ0) is 18.1. The van der Waals surface area contributed by atoms with Crippen molar-refractivity contribution in [3.63, 3.8) is 0 Å². The van der Waals surface area contributed by atoms with Crippen LogP contribution in [0.25, 0.3) is 10.9 Å². The summed E-state index contributed by atoms with van der Waals surface area (Å²) in [5.41, 5.74) is 4.94. The zero-order valence-electron chi connectivity index (χ0n) is 16.1. The number of hydrogen-bond acceptors (Lipinski definition) is 5. The molecule has 0 radical (unpaired) electrons. The third-order valence-corrected chi connectivity index (χ3v) is 5.83. The van der Waals surface area contributed by atoms with E-state index in [0.29, 0.717) is 6.04 Å². The summed E-state index contributed by atoms with van der Waals surface area (Å²) in [6.07, 6.45) is 7.02. The fourth-order valence-electron chi connectivity index (χ4n) is 4.27. The molecule has 1 aliphatic heterocycles. The second-order valence-corrected chi connectivity index (χ2v) is 7.57. The highest BCUT2D eigenvalue weighted by Crippen LogP contribution is 2.39. The van der Waals surface area contributed by atoms with Crippen LogP contribution in [-0.4, -0.2) is 50.3 Å². The molecule has 0 bridgehead atoms. The summed E-state index contributed by atoms with van der Waals surface area (Å²) in [4.78, 5) is 7.39. The molecule has 2 aromatic rings. The van der Waals surface area contributed by atoms with E-state index in [1.807, 2.05) is 6.07 Å². The molecule has 2 aliphatic rings. The Morgan fingerprint density at radius 2 is 1.73 bits per heavy atom. The van der Waals surface area contributed by atoms with Gasteiger partial charge in [-0.25, -0.2) is 0 Å². The lowest BCUT2D eigenvalue weighted by Crippen LogP contribution is -2.37. The molecule has 1 fully saturated rings. The van der Waals surface area contributed by atoms with Gasteiger partial charge >= 0.3 is 0 Å². The van der Waals surface area contributed by atoms with Gasteiger partial charge in [-0.2, -0.15) is 0 Å². The highest BCUT2D eigenvalue weighted by Gasteiger charge is 2.23. The molecule has 0 atom stereocenters. The molecule has 0 amide bonds. The standard InChI is InChI=1S/C21H29N3O2/c1-24-10-8-14(9-11-24)22-21-15-6-4-5-7-17(15)23-18-13-20(26-3)19(25-2)12-16(18)21/h12-14H,4-11H2,1-3H3,(H,22,23). The molecule has 1 aromatic carbocycles. The van der Waals surface area contributed by atoms with Crippen LogP contribution in [0, 0.1) is 0 Å². The van der Waals surface area contributed by atoms with Gasteiger partial charge in [-0.3, -0.25) is 4.98 Å². The van der Waals surface area contributed by atoms with E-state index < -0.39 is 0 Å². The van der Waals surface area contributed by atoms with E-state index in [9.17, 15) is 0 Å². The van der Waals surface area contributed by atoms with Gasteiger partial charge in [-0.1, -0.05) is 0 Å². The van der Waals surface area contributed by atoms with Crippen LogP contribution in [0.3, 0.4) is 0 Å². The average molecular weight is 355 g/mol. The monoisotopic (exact) mass is 355 g/mol. The minimum atomic E-state index is 0.524. The van der Waals surface area contributed by atoms with Crippen LogP contribution in [0.1, 0.15) is 36.9 Å². The lowest BCUT2D eigenvalue weighted by atomic mass is 9.91. The van der Waals surface area contributed by atoms with Gasteiger partial charge in [0.25, 0.3) is 0 Å². The fraction of sp³-hybridized carbons (Fsp3) is 0.571. The van der Waals surface area contributed by atoms with Crippen LogP contribution in [0.15, 0.2) is 12.1 Å². The number of aromatic nitrogens is 1. The number of anilines is 1. The van der Waals surface area contributed by atoms with Crippen molar-refractivity contribution in [1.29, 1.82) is 0 Å². The van der Waals surface area contributed by atoms with Crippen molar-refractivity contribution in [2.75, 3.05) is 39.7 Å². The minimum absolute atomic E-state index is 0.524. The van der Waals surface area contributed by atoms with Gasteiger partial charge in [0.2, 0.25) is 0 Å². The number of piperidine rings is 1. The quantitative estimate of drug-likeness (QED) is 0.907. The predicted molar refractivity (Wildman–Crippen MR) is 106 cm³/mol. The molecule has 1 aromatic heterocycles. The van der Waals surface area contributed by atoms with Crippen molar-refractivity contribution < 1.29 is 9.47 Å². The molecule has 5 heteroatoms. The van der Waals surface area contributed by atoms with Gasteiger partial charge < -0.3 is 19.7 Å². The molecular formula is C21H29N3O2. The van der Waals surface area contributed by atoms with Gasteiger partial charge in [0, 0.05) is 28.9 Å². The molecule has 26 heavy (non-hydrogen) atoms. The Bertz CT molecular complexity index is 792. The molecule has 140 valence electrons. The summed E-state index contributed by atoms with van der Waals surface area (Å²) in [5, 5.41) is 5.05. The van der Waals surface area contributed by atoms with Gasteiger partial charge in [0.05, 0.1) is 19.7 Å². The Labute approximate surface area is 155 Å². The molecule has 0 saturated carbocycles. The Kier molecular flexibility index (Phi) is 4.90. The van der Waals surface area contributed by atoms with E-state index in [0.717, 1.165) is 48.3 Å². The summed E-state index contributed by atoms with van der Waals surface area (Å²) in [6, 6.07) is 4.63. The van der Waals surface area contributed by atoms with E-state index >= 15 is 0 Å². The first-order valence-electron chi connectivity index (χ1n) is 9.72. The molecule has 1 aliphatic carbocycles. The third-order valence-electron chi connectivity index (χ3n) is 5.83. The predicted octanol–water partition coefficient (Wildman–Crippen LogP) is 3.64. The molecule has 4 rings (SSSR count). The number of rotatable bonds is 4. The smallest absolute Gasteiger partial charge is 0.162 e. The Balaban J connectivity index is 1.81. The number of hydrogen-bond donors (Lipinski definition) is 1. The molecule has 0 unspecified atom stereocenters. The first-order chi connectivity index (χ1) is 12.7. The number of aryl methyl sites for hydroxylation is 1. The zero-order valence-corrected chi connectivity index (χ0v) is 16.1. The number of ether oxygens (including phenoxy) is 2. The molecule has 1 saturated heterocycles. The number of nitrogens with one attached hydrogen (secondary N) is 1. The van der Waals surface area contributed by atoms with Crippen LogP contribution in [0.5, 0.6) is 11.5 Å². The molecule has 0 spiro atoms. The second-order valence-electron chi connectivity index (χ2n) is 7.57. The van der Waals surface area contributed by atoms with Crippen molar-refractivity contribution in [3.05, 3.63) is 23.4 Å². The van der Waals surface area contributed by atoms with Crippen molar-refractivity contribution in [1.82, 2.24) is 9.88 Å². The summed E-state index contributed by atoms with van der Waals surface area (Å²) >= 11 is 0. The maximum atomic E-state index is 5.56. The maximum Gasteiger partial charge on any atom is 0.162 e. The van der Waals surface area contributed by atoms with Gasteiger partial charge in [0.1, 0.15) is 0 Å². The van der Waals surface area contributed by atoms with E-state index in [4.69, 9.17) is 14.5 Å². The van der Waals surface area contributed by atoms with Crippen molar-refractivity contribution in [2.24, 2.45) is 0 Å². The van der Waals surface area contributed by atoms with Gasteiger partial charge in [-0.05, 0) is 70.3 Å². The van der Waals surface area contributed by atoms with Crippen LogP contribution in [0.2, 0.25) is 0 Å². The summed E-state index contributed by atoms with van der Waals surface area (Å²) in [7, 11) is 5.58.